The fraction of sp³-hybridized carbons (Fsp3) is 0.938. The maximum atomic E-state index is 4.74. The normalized spacial score (nSPS) is 22.1. The van der Waals surface area contributed by atoms with Crippen LogP contribution in [0.25, 0.3) is 0 Å². The maximum Gasteiger partial charge on any atom is 0.115 e. The second-order valence-electron chi connectivity index (χ2n) is 8.77. The highest BCUT2D eigenvalue weighted by Crippen LogP contribution is 2.28. The third-order valence-electron chi connectivity index (χ3n) is 3.32. The van der Waals surface area contributed by atoms with E-state index in [0.717, 1.165) is 25.3 Å². The van der Waals surface area contributed by atoms with Crippen LogP contribution in [0.3, 0.4) is 0 Å². The van der Waals surface area contributed by atoms with Gasteiger partial charge in [0.05, 0.1) is 12.6 Å². The lowest BCUT2D eigenvalue weighted by Gasteiger charge is -2.41. The SMILES string of the molecule is CC(C)(C)CC(C)(C)NC1=NCCN[C@@H]1C(C)(C)C. The standard InChI is InChI=1S/C16H33N3/c1-14(2,3)11-16(7,8)19-13-12(15(4,5)6)17-9-10-18-13/h12,17H,9-11H2,1-8H3,(H,18,19)/t12-/m0/s1. The van der Waals surface area contributed by atoms with Gasteiger partial charge in [0.25, 0.3) is 0 Å². The number of aliphatic imine (C=N–C) groups is 1. The van der Waals surface area contributed by atoms with Gasteiger partial charge in [0.2, 0.25) is 0 Å². The first kappa shape index (κ1) is 16.5. The van der Waals surface area contributed by atoms with Gasteiger partial charge in [0.15, 0.2) is 0 Å². The molecule has 0 saturated heterocycles. The Morgan fingerprint density at radius 3 is 2.16 bits per heavy atom. The molecule has 1 atom stereocenters. The van der Waals surface area contributed by atoms with Crippen molar-refractivity contribution in [3.63, 3.8) is 0 Å². The monoisotopic (exact) mass is 267 g/mol. The number of hydrogen-bond acceptors (Lipinski definition) is 3. The number of rotatable bonds is 2. The van der Waals surface area contributed by atoms with Crippen molar-refractivity contribution in [3.05, 3.63) is 0 Å². The maximum absolute atomic E-state index is 4.74. The Kier molecular flexibility index (Phi) is 4.71. The topological polar surface area (TPSA) is 36.4 Å². The molecular weight excluding hydrogens is 234 g/mol. The van der Waals surface area contributed by atoms with Gasteiger partial charge in [-0.05, 0) is 31.1 Å². The van der Waals surface area contributed by atoms with Crippen molar-refractivity contribution >= 4 is 5.84 Å². The molecule has 19 heavy (non-hydrogen) atoms. The molecule has 3 nitrogen and oxygen atoms in total. The molecule has 2 N–H and O–H groups in total. The largest absolute Gasteiger partial charge is 0.368 e. The van der Waals surface area contributed by atoms with Gasteiger partial charge < -0.3 is 10.6 Å². The van der Waals surface area contributed by atoms with Gasteiger partial charge in [-0.1, -0.05) is 41.5 Å². The molecular formula is C16H33N3. The van der Waals surface area contributed by atoms with Gasteiger partial charge in [-0.15, -0.1) is 0 Å². The predicted octanol–water partition coefficient (Wildman–Crippen LogP) is 3.21. The van der Waals surface area contributed by atoms with Gasteiger partial charge >= 0.3 is 0 Å². The smallest absolute Gasteiger partial charge is 0.115 e. The summed E-state index contributed by atoms with van der Waals surface area (Å²) in [6.45, 7) is 20.1. The second-order valence-corrected chi connectivity index (χ2v) is 8.77. The Hall–Kier alpha value is -0.570. The summed E-state index contributed by atoms with van der Waals surface area (Å²) in [7, 11) is 0. The van der Waals surface area contributed by atoms with E-state index in [1.165, 1.54) is 0 Å². The molecule has 112 valence electrons. The molecule has 1 aliphatic rings. The molecule has 3 heteroatoms. The molecule has 0 fully saturated rings. The summed E-state index contributed by atoms with van der Waals surface area (Å²) in [6.07, 6.45) is 1.12. The summed E-state index contributed by atoms with van der Waals surface area (Å²) in [5.74, 6) is 1.13. The Bertz CT molecular complexity index is 329. The van der Waals surface area contributed by atoms with Crippen LogP contribution in [0.2, 0.25) is 0 Å². The summed E-state index contributed by atoms with van der Waals surface area (Å²) in [5.41, 5.74) is 0.569. The van der Waals surface area contributed by atoms with Crippen LogP contribution in [0.15, 0.2) is 4.99 Å². The first-order valence-corrected chi connectivity index (χ1v) is 7.47. The van der Waals surface area contributed by atoms with Crippen LogP contribution in [-0.2, 0) is 0 Å². The molecule has 1 heterocycles. The minimum atomic E-state index is 0.0691. The van der Waals surface area contributed by atoms with Crippen LogP contribution in [0.5, 0.6) is 0 Å². The van der Waals surface area contributed by atoms with Crippen molar-refractivity contribution in [2.24, 2.45) is 15.8 Å². The van der Waals surface area contributed by atoms with Crippen molar-refractivity contribution in [1.82, 2.24) is 10.6 Å². The van der Waals surface area contributed by atoms with Crippen molar-refractivity contribution in [2.75, 3.05) is 13.1 Å². The Morgan fingerprint density at radius 1 is 1.11 bits per heavy atom. The summed E-state index contributed by atoms with van der Waals surface area (Å²) < 4.78 is 0. The molecule has 0 saturated carbocycles. The number of nitrogens with zero attached hydrogens (tertiary/aromatic N) is 1. The minimum absolute atomic E-state index is 0.0691. The third-order valence-corrected chi connectivity index (χ3v) is 3.32. The quantitative estimate of drug-likeness (QED) is 0.806. The Morgan fingerprint density at radius 2 is 1.68 bits per heavy atom. The van der Waals surface area contributed by atoms with E-state index in [2.05, 4.69) is 66.0 Å². The molecule has 0 radical (unpaired) electrons. The first-order chi connectivity index (χ1) is 8.41. The van der Waals surface area contributed by atoms with Crippen LogP contribution in [0.4, 0.5) is 0 Å². The van der Waals surface area contributed by atoms with Crippen LogP contribution >= 0.6 is 0 Å². The fourth-order valence-electron chi connectivity index (χ4n) is 3.12. The minimum Gasteiger partial charge on any atom is -0.368 e. The Balaban J connectivity index is 2.81. The van der Waals surface area contributed by atoms with E-state index in [4.69, 9.17) is 4.99 Å². The van der Waals surface area contributed by atoms with Gasteiger partial charge in [-0.2, -0.15) is 0 Å². The van der Waals surface area contributed by atoms with Gasteiger partial charge in [0.1, 0.15) is 5.84 Å². The molecule has 1 aliphatic heterocycles. The highest BCUT2D eigenvalue weighted by Gasteiger charge is 2.34. The van der Waals surface area contributed by atoms with Crippen LogP contribution in [0, 0.1) is 10.8 Å². The fourth-order valence-corrected chi connectivity index (χ4v) is 3.12. The zero-order valence-corrected chi connectivity index (χ0v) is 14.1. The second kappa shape index (κ2) is 5.43. The molecule has 0 aromatic carbocycles. The van der Waals surface area contributed by atoms with Crippen molar-refractivity contribution in [1.29, 1.82) is 0 Å². The van der Waals surface area contributed by atoms with Crippen LogP contribution in [0.1, 0.15) is 61.8 Å². The Labute approximate surface area is 119 Å². The van der Waals surface area contributed by atoms with Crippen molar-refractivity contribution < 1.29 is 0 Å². The first-order valence-electron chi connectivity index (χ1n) is 7.47. The molecule has 0 amide bonds. The summed E-state index contributed by atoms with van der Waals surface area (Å²) in [4.78, 5) is 4.74. The predicted molar refractivity (Wildman–Crippen MR) is 84.8 cm³/mol. The van der Waals surface area contributed by atoms with E-state index in [-0.39, 0.29) is 11.0 Å². The lowest BCUT2D eigenvalue weighted by atomic mass is 9.80. The highest BCUT2D eigenvalue weighted by atomic mass is 15.1. The molecule has 0 bridgehead atoms. The van der Waals surface area contributed by atoms with Crippen LogP contribution in [-0.4, -0.2) is 30.5 Å². The van der Waals surface area contributed by atoms with Crippen molar-refractivity contribution in [3.8, 4) is 0 Å². The lowest BCUT2D eigenvalue weighted by molar-refractivity contribution is 0.255. The van der Waals surface area contributed by atoms with E-state index < -0.39 is 0 Å². The molecule has 0 unspecified atom stereocenters. The van der Waals surface area contributed by atoms with E-state index in [1.807, 2.05) is 0 Å². The van der Waals surface area contributed by atoms with E-state index in [1.54, 1.807) is 0 Å². The highest BCUT2D eigenvalue weighted by molar-refractivity contribution is 5.89. The average molecular weight is 267 g/mol. The summed E-state index contributed by atoms with van der Waals surface area (Å²) >= 11 is 0. The molecule has 1 rings (SSSR count). The summed E-state index contributed by atoms with van der Waals surface area (Å²) in [5, 5.41) is 7.30. The number of nitrogens with one attached hydrogen (secondary N) is 2. The van der Waals surface area contributed by atoms with E-state index in [9.17, 15) is 0 Å². The van der Waals surface area contributed by atoms with Gasteiger partial charge in [-0.25, -0.2) is 0 Å². The molecule has 0 spiro atoms. The van der Waals surface area contributed by atoms with Crippen molar-refractivity contribution in [2.45, 2.75) is 73.4 Å². The number of amidine groups is 1. The molecule has 0 aromatic heterocycles. The lowest BCUT2D eigenvalue weighted by Crippen LogP contribution is -2.59. The van der Waals surface area contributed by atoms with E-state index in [0.29, 0.717) is 11.5 Å². The average Bonchev–Trinajstić information content (AvgIpc) is 2.11. The summed E-state index contributed by atoms with van der Waals surface area (Å²) in [6, 6.07) is 0.320. The zero-order valence-electron chi connectivity index (χ0n) is 14.1. The molecule has 0 aromatic rings. The number of hydrogen-bond donors (Lipinski definition) is 2. The third kappa shape index (κ3) is 5.52. The van der Waals surface area contributed by atoms with E-state index >= 15 is 0 Å². The van der Waals surface area contributed by atoms with Gasteiger partial charge in [-0.3, -0.25) is 4.99 Å². The van der Waals surface area contributed by atoms with Crippen LogP contribution < -0.4 is 10.6 Å². The zero-order chi connectivity index (χ0) is 14.9. The molecule has 0 aliphatic carbocycles. The van der Waals surface area contributed by atoms with Gasteiger partial charge in [0, 0.05) is 12.1 Å².